The Hall–Kier alpha value is -0.0600. The van der Waals surface area contributed by atoms with Crippen LogP contribution in [0.25, 0.3) is 10.9 Å². The fraction of sp³-hybridized carbons (Fsp3) is 0.100. The van der Waals surface area contributed by atoms with Crippen molar-refractivity contribution in [2.75, 3.05) is 0 Å². The molecule has 0 radical (unpaired) electrons. The molecule has 0 saturated heterocycles. The normalized spacial score (nSPS) is 10.9. The minimum atomic E-state index is 0.713. The summed E-state index contributed by atoms with van der Waals surface area (Å²) in [5, 5.41) is 2.43. The Morgan fingerprint density at radius 1 is 1.29 bits per heavy atom. The van der Waals surface area contributed by atoms with Crippen molar-refractivity contribution in [3.63, 3.8) is 0 Å². The van der Waals surface area contributed by atoms with Crippen LogP contribution < -0.4 is 0 Å². The molecule has 1 nitrogen and oxygen atoms in total. The molecule has 0 aliphatic rings. The lowest BCUT2D eigenvalue weighted by Gasteiger charge is -2.05. The van der Waals surface area contributed by atoms with Crippen LogP contribution in [0.1, 0.15) is 5.56 Å². The molecule has 0 saturated carbocycles. The highest BCUT2D eigenvalue weighted by molar-refractivity contribution is 14.1. The van der Waals surface area contributed by atoms with Crippen LogP contribution in [0.3, 0.4) is 0 Å². The summed E-state index contributed by atoms with van der Waals surface area (Å²) in [6, 6.07) is 3.75. The fourth-order valence-corrected chi connectivity index (χ4v) is 2.24. The molecule has 0 amide bonds. The molecule has 0 spiro atoms. The number of aryl methyl sites for hydroxylation is 1. The topological polar surface area (TPSA) is 12.9 Å². The van der Waals surface area contributed by atoms with E-state index in [2.05, 4.69) is 27.6 Å². The van der Waals surface area contributed by atoms with Gasteiger partial charge in [0, 0.05) is 11.6 Å². The average molecular weight is 338 g/mol. The Kier molecular flexibility index (Phi) is 2.86. The van der Waals surface area contributed by atoms with Crippen LogP contribution in [-0.2, 0) is 0 Å². The van der Waals surface area contributed by atoms with E-state index in [0.717, 1.165) is 25.1 Å². The SMILES string of the molecule is Cc1cnc2c(I)c(Cl)ccc2c1Cl. The zero-order valence-corrected chi connectivity index (χ0v) is 11.0. The quantitative estimate of drug-likeness (QED) is 0.647. The zero-order valence-electron chi connectivity index (χ0n) is 7.31. The van der Waals surface area contributed by atoms with Crippen LogP contribution >= 0.6 is 45.8 Å². The van der Waals surface area contributed by atoms with Crippen molar-refractivity contribution in [2.24, 2.45) is 0 Å². The van der Waals surface area contributed by atoms with Gasteiger partial charge in [-0.2, -0.15) is 0 Å². The maximum absolute atomic E-state index is 6.16. The van der Waals surface area contributed by atoms with Crippen LogP contribution in [-0.4, -0.2) is 4.98 Å². The number of benzene rings is 1. The molecule has 2 aromatic rings. The summed E-state index contributed by atoms with van der Waals surface area (Å²) in [7, 11) is 0. The third-order valence-electron chi connectivity index (χ3n) is 2.04. The second kappa shape index (κ2) is 3.83. The summed E-state index contributed by atoms with van der Waals surface area (Å²) >= 11 is 14.3. The second-order valence-electron chi connectivity index (χ2n) is 3.01. The molecule has 0 fully saturated rings. The van der Waals surface area contributed by atoms with Crippen molar-refractivity contribution < 1.29 is 0 Å². The number of hydrogen-bond acceptors (Lipinski definition) is 1. The minimum Gasteiger partial charge on any atom is -0.255 e. The molecular weight excluding hydrogens is 332 g/mol. The first-order valence-electron chi connectivity index (χ1n) is 4.00. The van der Waals surface area contributed by atoms with Crippen molar-refractivity contribution in [1.82, 2.24) is 4.98 Å². The van der Waals surface area contributed by atoms with E-state index in [1.165, 1.54) is 0 Å². The van der Waals surface area contributed by atoms with Crippen LogP contribution in [0.5, 0.6) is 0 Å². The Bertz CT molecular complexity index is 464. The Morgan fingerprint density at radius 2 is 2.00 bits per heavy atom. The van der Waals surface area contributed by atoms with Crippen molar-refractivity contribution in [3.05, 3.63) is 37.5 Å². The van der Waals surface area contributed by atoms with Crippen molar-refractivity contribution in [3.8, 4) is 0 Å². The van der Waals surface area contributed by atoms with E-state index < -0.39 is 0 Å². The van der Waals surface area contributed by atoms with E-state index in [0.29, 0.717) is 5.02 Å². The van der Waals surface area contributed by atoms with Gasteiger partial charge in [0.15, 0.2) is 0 Å². The highest BCUT2D eigenvalue weighted by Gasteiger charge is 2.08. The van der Waals surface area contributed by atoms with Gasteiger partial charge < -0.3 is 0 Å². The molecule has 1 heterocycles. The fourth-order valence-electron chi connectivity index (χ4n) is 1.27. The van der Waals surface area contributed by atoms with Gasteiger partial charge in [0.25, 0.3) is 0 Å². The lowest BCUT2D eigenvalue weighted by molar-refractivity contribution is 1.33. The van der Waals surface area contributed by atoms with Crippen LogP contribution in [0.15, 0.2) is 18.3 Å². The van der Waals surface area contributed by atoms with E-state index in [1.807, 2.05) is 19.1 Å². The van der Waals surface area contributed by atoms with Crippen molar-refractivity contribution in [2.45, 2.75) is 6.92 Å². The van der Waals surface area contributed by atoms with Crippen molar-refractivity contribution in [1.29, 1.82) is 0 Å². The largest absolute Gasteiger partial charge is 0.255 e. The van der Waals surface area contributed by atoms with Gasteiger partial charge in [0.1, 0.15) is 0 Å². The minimum absolute atomic E-state index is 0.713. The number of rotatable bonds is 0. The smallest absolute Gasteiger partial charge is 0.0865 e. The van der Waals surface area contributed by atoms with Crippen LogP contribution in [0, 0.1) is 10.5 Å². The molecule has 0 aliphatic heterocycles. The first-order chi connectivity index (χ1) is 6.61. The molecule has 72 valence electrons. The van der Waals surface area contributed by atoms with E-state index >= 15 is 0 Å². The monoisotopic (exact) mass is 337 g/mol. The summed E-state index contributed by atoms with van der Waals surface area (Å²) in [4.78, 5) is 4.33. The third-order valence-corrected chi connectivity index (χ3v) is 4.27. The zero-order chi connectivity index (χ0) is 10.3. The van der Waals surface area contributed by atoms with Gasteiger partial charge in [-0.15, -0.1) is 0 Å². The van der Waals surface area contributed by atoms with Gasteiger partial charge in [0.05, 0.1) is 19.1 Å². The lowest BCUT2D eigenvalue weighted by atomic mass is 10.2. The van der Waals surface area contributed by atoms with E-state index in [1.54, 1.807) is 6.20 Å². The summed E-state index contributed by atoms with van der Waals surface area (Å²) in [5.41, 5.74) is 1.85. The molecule has 14 heavy (non-hydrogen) atoms. The number of aromatic nitrogens is 1. The number of nitrogens with zero attached hydrogens (tertiary/aromatic N) is 1. The number of fused-ring (bicyclic) bond motifs is 1. The predicted molar refractivity (Wildman–Crippen MR) is 69.2 cm³/mol. The maximum atomic E-state index is 6.16. The number of hydrogen-bond donors (Lipinski definition) is 0. The van der Waals surface area contributed by atoms with Gasteiger partial charge in [-0.3, -0.25) is 4.98 Å². The first-order valence-corrected chi connectivity index (χ1v) is 5.83. The maximum Gasteiger partial charge on any atom is 0.0865 e. The summed E-state index contributed by atoms with van der Waals surface area (Å²) < 4.78 is 0.948. The predicted octanol–water partition coefficient (Wildman–Crippen LogP) is 4.45. The molecule has 0 atom stereocenters. The highest BCUT2D eigenvalue weighted by atomic mass is 127. The van der Waals surface area contributed by atoms with E-state index in [-0.39, 0.29) is 0 Å². The Morgan fingerprint density at radius 3 is 2.71 bits per heavy atom. The second-order valence-corrected chi connectivity index (χ2v) is 4.88. The summed E-state index contributed by atoms with van der Waals surface area (Å²) in [6.07, 6.45) is 1.77. The van der Waals surface area contributed by atoms with E-state index in [9.17, 15) is 0 Å². The van der Waals surface area contributed by atoms with Crippen molar-refractivity contribution >= 4 is 56.7 Å². The molecule has 0 unspecified atom stereocenters. The number of pyridine rings is 1. The summed E-state index contributed by atoms with van der Waals surface area (Å²) in [5.74, 6) is 0. The Labute approximate surface area is 106 Å². The standard InChI is InChI=1S/C10H6Cl2IN/c1-5-4-14-10-6(8(5)12)2-3-7(11)9(10)13/h2-4H,1H3. The van der Waals surface area contributed by atoms with Gasteiger partial charge >= 0.3 is 0 Å². The van der Waals surface area contributed by atoms with Gasteiger partial charge in [0.2, 0.25) is 0 Å². The van der Waals surface area contributed by atoms with Crippen LogP contribution in [0.2, 0.25) is 10.0 Å². The summed E-state index contributed by atoms with van der Waals surface area (Å²) in [6.45, 7) is 1.94. The van der Waals surface area contributed by atoms with Gasteiger partial charge in [-0.05, 0) is 47.2 Å². The Balaban J connectivity index is 2.94. The molecule has 0 bridgehead atoms. The molecular formula is C10H6Cl2IN. The third kappa shape index (κ3) is 1.59. The lowest BCUT2D eigenvalue weighted by Crippen LogP contribution is -1.87. The molecule has 0 N–H and O–H groups in total. The van der Waals surface area contributed by atoms with Gasteiger partial charge in [-0.1, -0.05) is 23.2 Å². The molecule has 1 aromatic heterocycles. The molecule has 4 heteroatoms. The number of halogens is 3. The highest BCUT2D eigenvalue weighted by Crippen LogP contribution is 2.31. The molecule has 1 aromatic carbocycles. The molecule has 0 aliphatic carbocycles. The van der Waals surface area contributed by atoms with Gasteiger partial charge in [-0.25, -0.2) is 0 Å². The first kappa shape index (κ1) is 10.5. The van der Waals surface area contributed by atoms with Crippen LogP contribution in [0.4, 0.5) is 0 Å². The molecule has 2 rings (SSSR count). The van der Waals surface area contributed by atoms with E-state index in [4.69, 9.17) is 23.2 Å². The average Bonchev–Trinajstić information content (AvgIpc) is 2.17.